The maximum Gasteiger partial charge on any atom is 0.287 e. The largest absolute Gasteiger partial charge is 0.287 e. The van der Waals surface area contributed by atoms with Gasteiger partial charge in [-0.15, -0.1) is 0 Å². The van der Waals surface area contributed by atoms with Crippen molar-refractivity contribution < 1.29 is 9.78 Å². The van der Waals surface area contributed by atoms with E-state index in [0.29, 0.717) is 0 Å². The van der Waals surface area contributed by atoms with Gasteiger partial charge in [-0.25, -0.2) is 0 Å². The van der Waals surface area contributed by atoms with Crippen LogP contribution >= 0.6 is 15.9 Å². The molecule has 1 heterocycles. The molecule has 0 atom stereocenters. The molecule has 0 aliphatic carbocycles. The number of hydrogen-bond donors (Lipinski definition) is 0. The molecule has 1 saturated heterocycles. The Morgan fingerprint density at radius 3 is 1.62 bits per heavy atom. The van der Waals surface area contributed by atoms with Crippen LogP contribution in [0.25, 0.3) is 0 Å². The maximum absolute atomic E-state index is 4.80. The average molecular weight is 293 g/mol. The molecule has 0 bridgehead atoms. The van der Waals surface area contributed by atoms with Gasteiger partial charge in [0.1, 0.15) is 0 Å². The lowest BCUT2D eigenvalue weighted by Gasteiger charge is -2.02. The molecule has 1 rings (SSSR count). The summed E-state index contributed by atoms with van der Waals surface area (Å²) in [5, 5.41) is 0. The monoisotopic (exact) mass is 292 g/mol. The van der Waals surface area contributed by atoms with Crippen molar-refractivity contribution in [3.63, 3.8) is 0 Å². The Morgan fingerprint density at radius 2 is 1.19 bits per heavy atom. The van der Waals surface area contributed by atoms with Gasteiger partial charge in [0.25, 0.3) is 4.70 Å². The Kier molecular flexibility index (Phi) is 7.67. The highest BCUT2D eigenvalue weighted by Gasteiger charge is 2.45. The van der Waals surface area contributed by atoms with E-state index in [1.54, 1.807) is 0 Å². The number of alkyl halides is 1. The molecule has 0 spiro atoms. The Bertz CT molecular complexity index is 169. The topological polar surface area (TPSA) is 25.1 Å². The molecular formula is C13H25BrO2. The zero-order valence-electron chi connectivity index (χ0n) is 10.5. The lowest BCUT2D eigenvalue weighted by atomic mass is 10.1. The molecule has 1 aliphatic rings. The normalized spacial score (nSPS) is 17.6. The maximum atomic E-state index is 4.80. The van der Waals surface area contributed by atoms with E-state index < -0.39 is 4.70 Å². The van der Waals surface area contributed by atoms with Crippen LogP contribution in [0.1, 0.15) is 77.6 Å². The lowest BCUT2D eigenvalue weighted by molar-refractivity contribution is 0.0850. The summed E-state index contributed by atoms with van der Waals surface area (Å²) in [5.74, 6) is 0. The molecule has 0 aromatic heterocycles. The third-order valence-corrected chi connectivity index (χ3v) is 3.75. The number of hydrogen-bond acceptors (Lipinski definition) is 2. The van der Waals surface area contributed by atoms with E-state index >= 15 is 0 Å². The fraction of sp³-hybridized carbons (Fsp3) is 1.00. The Balaban J connectivity index is 1.68. The molecule has 0 amide bonds. The van der Waals surface area contributed by atoms with Gasteiger partial charge in [-0.2, -0.15) is 9.78 Å². The van der Waals surface area contributed by atoms with Gasteiger partial charge < -0.3 is 0 Å². The SMILES string of the molecule is CCCCCCCCCCCCC1(Br)OO1. The predicted molar refractivity (Wildman–Crippen MR) is 70.3 cm³/mol. The molecule has 2 nitrogen and oxygen atoms in total. The highest BCUT2D eigenvalue weighted by atomic mass is 79.9. The minimum absolute atomic E-state index is 0.396. The van der Waals surface area contributed by atoms with E-state index in [4.69, 9.17) is 9.78 Å². The van der Waals surface area contributed by atoms with Gasteiger partial charge in [0.2, 0.25) is 0 Å². The Labute approximate surface area is 108 Å². The molecular weight excluding hydrogens is 268 g/mol. The zero-order chi connectivity index (χ0) is 11.7. The highest BCUT2D eigenvalue weighted by Crippen LogP contribution is 2.41. The quantitative estimate of drug-likeness (QED) is 0.223. The fourth-order valence-electron chi connectivity index (χ4n) is 1.95. The standard InChI is InChI=1S/C13H25BrO2/c1-2-3-4-5-6-7-8-9-10-11-12-13(14)15-16-13/h2-12H2,1H3. The van der Waals surface area contributed by atoms with Crippen molar-refractivity contribution in [1.29, 1.82) is 0 Å². The van der Waals surface area contributed by atoms with Gasteiger partial charge >= 0.3 is 0 Å². The first-order valence-electron chi connectivity index (χ1n) is 6.82. The van der Waals surface area contributed by atoms with E-state index in [1.165, 1.54) is 64.2 Å². The summed E-state index contributed by atoms with van der Waals surface area (Å²) >= 11 is 3.36. The first-order chi connectivity index (χ1) is 7.77. The molecule has 1 aliphatic heterocycles. The molecule has 1 fully saturated rings. The third kappa shape index (κ3) is 7.64. The Morgan fingerprint density at radius 1 is 0.750 bits per heavy atom. The first kappa shape index (κ1) is 14.5. The molecule has 16 heavy (non-hydrogen) atoms. The average Bonchev–Trinajstić information content (AvgIpc) is 3.00. The molecule has 0 radical (unpaired) electrons. The summed E-state index contributed by atoms with van der Waals surface area (Å²) in [6.45, 7) is 2.27. The van der Waals surface area contributed by atoms with Crippen LogP contribution in [0.5, 0.6) is 0 Å². The minimum Gasteiger partial charge on any atom is -0.182 e. The highest BCUT2D eigenvalue weighted by molar-refractivity contribution is 9.10. The molecule has 0 aromatic carbocycles. The smallest absolute Gasteiger partial charge is 0.182 e. The predicted octanol–water partition coefficient (Wildman–Crippen LogP) is 5.31. The van der Waals surface area contributed by atoms with Crippen LogP contribution in [0.3, 0.4) is 0 Å². The second-order valence-electron chi connectivity index (χ2n) is 4.76. The Hall–Kier alpha value is 0.400. The van der Waals surface area contributed by atoms with Crippen LogP contribution in [0.4, 0.5) is 0 Å². The lowest BCUT2D eigenvalue weighted by Crippen LogP contribution is -1.97. The van der Waals surface area contributed by atoms with Crippen molar-refractivity contribution in [2.45, 2.75) is 82.2 Å². The van der Waals surface area contributed by atoms with Crippen LogP contribution in [0, 0.1) is 0 Å². The molecule has 0 aromatic rings. The van der Waals surface area contributed by atoms with Crippen LogP contribution in [0.2, 0.25) is 0 Å². The number of halogens is 1. The summed E-state index contributed by atoms with van der Waals surface area (Å²) in [6, 6.07) is 0. The van der Waals surface area contributed by atoms with E-state index in [-0.39, 0.29) is 0 Å². The van der Waals surface area contributed by atoms with Crippen molar-refractivity contribution in [2.75, 3.05) is 0 Å². The van der Waals surface area contributed by atoms with Crippen LogP contribution in [-0.2, 0) is 9.78 Å². The summed E-state index contributed by atoms with van der Waals surface area (Å²) < 4.78 is -0.396. The fourth-order valence-corrected chi connectivity index (χ4v) is 2.30. The van der Waals surface area contributed by atoms with E-state index in [2.05, 4.69) is 22.9 Å². The van der Waals surface area contributed by atoms with Gasteiger partial charge in [-0.3, -0.25) is 0 Å². The van der Waals surface area contributed by atoms with Crippen molar-refractivity contribution in [1.82, 2.24) is 0 Å². The van der Waals surface area contributed by atoms with Crippen molar-refractivity contribution >= 4 is 15.9 Å². The van der Waals surface area contributed by atoms with Crippen LogP contribution in [-0.4, -0.2) is 4.70 Å². The summed E-state index contributed by atoms with van der Waals surface area (Å²) in [7, 11) is 0. The van der Waals surface area contributed by atoms with Gasteiger partial charge in [-0.05, 0) is 22.4 Å². The van der Waals surface area contributed by atoms with Crippen molar-refractivity contribution in [3.8, 4) is 0 Å². The molecule has 0 N–H and O–H groups in total. The van der Waals surface area contributed by atoms with Gasteiger partial charge in [-0.1, -0.05) is 64.7 Å². The van der Waals surface area contributed by atoms with Crippen molar-refractivity contribution in [2.24, 2.45) is 0 Å². The number of unbranched alkanes of at least 4 members (excludes halogenated alkanes) is 9. The first-order valence-corrected chi connectivity index (χ1v) is 7.62. The summed E-state index contributed by atoms with van der Waals surface area (Å²) in [5.41, 5.74) is 0. The van der Waals surface area contributed by atoms with Gasteiger partial charge in [0.05, 0.1) is 0 Å². The zero-order valence-corrected chi connectivity index (χ0v) is 12.1. The van der Waals surface area contributed by atoms with Crippen LogP contribution in [0.15, 0.2) is 0 Å². The summed E-state index contributed by atoms with van der Waals surface area (Å²) in [6.07, 6.45) is 14.7. The molecule has 0 unspecified atom stereocenters. The molecule has 96 valence electrons. The van der Waals surface area contributed by atoms with E-state index in [9.17, 15) is 0 Å². The van der Waals surface area contributed by atoms with Gasteiger partial charge in [0.15, 0.2) is 0 Å². The summed E-state index contributed by atoms with van der Waals surface area (Å²) in [4.78, 5) is 9.59. The van der Waals surface area contributed by atoms with Crippen LogP contribution < -0.4 is 0 Å². The van der Waals surface area contributed by atoms with Gasteiger partial charge in [0, 0.05) is 6.42 Å². The third-order valence-electron chi connectivity index (χ3n) is 3.09. The minimum atomic E-state index is -0.396. The molecule has 0 saturated carbocycles. The second-order valence-corrected chi connectivity index (χ2v) is 5.97. The van der Waals surface area contributed by atoms with E-state index in [0.717, 1.165) is 6.42 Å². The number of rotatable bonds is 11. The van der Waals surface area contributed by atoms with Crippen molar-refractivity contribution in [3.05, 3.63) is 0 Å². The molecule has 3 heteroatoms. The second kappa shape index (κ2) is 8.48. The van der Waals surface area contributed by atoms with E-state index in [1.807, 2.05) is 0 Å².